The molecule has 0 aromatic carbocycles. The van der Waals surface area contributed by atoms with Gasteiger partial charge in [-0.1, -0.05) is 0 Å². The fraction of sp³-hybridized carbons (Fsp3) is 0.778. The molecule has 0 aliphatic carbocycles. The van der Waals surface area contributed by atoms with Crippen LogP contribution in [0.5, 0.6) is 0 Å². The molecule has 0 saturated heterocycles. The molecule has 0 radical (unpaired) electrons. The van der Waals surface area contributed by atoms with E-state index >= 15 is 0 Å². The van der Waals surface area contributed by atoms with E-state index in [1.54, 1.807) is 6.92 Å². The van der Waals surface area contributed by atoms with Crippen LogP contribution in [0.25, 0.3) is 0 Å². The number of nitrogens with two attached hydrogens (primary N) is 1. The lowest BCUT2D eigenvalue weighted by molar-refractivity contribution is -0.145. The van der Waals surface area contributed by atoms with Crippen LogP contribution in [0.15, 0.2) is 0 Å². The van der Waals surface area contributed by atoms with Gasteiger partial charge in [0.05, 0.1) is 17.5 Å². The first-order valence-electron chi connectivity index (χ1n) is 4.55. The summed E-state index contributed by atoms with van der Waals surface area (Å²) in [6, 6.07) is 0. The van der Waals surface area contributed by atoms with Gasteiger partial charge in [-0.3, -0.25) is 0 Å². The predicted molar refractivity (Wildman–Crippen MR) is 65.4 cm³/mol. The molecule has 0 aliphatic rings. The highest BCUT2D eigenvalue weighted by Gasteiger charge is 2.48. The summed E-state index contributed by atoms with van der Waals surface area (Å²) in [5, 5.41) is 0. The van der Waals surface area contributed by atoms with Crippen molar-refractivity contribution in [2.75, 3.05) is 12.4 Å². The van der Waals surface area contributed by atoms with Crippen LogP contribution in [0.2, 0.25) is 0 Å². The van der Waals surface area contributed by atoms with E-state index < -0.39 is 15.6 Å². The zero-order valence-corrected chi connectivity index (χ0v) is 10.8. The standard InChI is InChI=1S/C9H17NO2S2/c1-5-12-7(11)9(3,4)14(6-2)8(10)13/h5-6H2,1-4H3,(H-,10,13)/p+1. The number of carbonyl (C=O) groups is 1. The van der Waals surface area contributed by atoms with E-state index in [4.69, 9.17) is 22.7 Å². The molecule has 0 amide bonds. The number of hydrogen-bond acceptors (Lipinski definition) is 3. The van der Waals surface area contributed by atoms with Gasteiger partial charge in [-0.05, 0) is 39.9 Å². The van der Waals surface area contributed by atoms with Crippen molar-refractivity contribution in [2.24, 2.45) is 5.73 Å². The molecule has 0 spiro atoms. The lowest BCUT2D eigenvalue weighted by Gasteiger charge is -2.21. The van der Waals surface area contributed by atoms with E-state index in [1.807, 2.05) is 20.8 Å². The molecule has 0 aromatic heterocycles. The number of esters is 1. The number of carbonyl (C=O) groups excluding carboxylic acids is 1. The molecule has 2 N–H and O–H groups in total. The molecule has 0 heterocycles. The van der Waals surface area contributed by atoms with Gasteiger partial charge in [-0.25, -0.2) is 4.79 Å². The second-order valence-electron chi connectivity index (χ2n) is 3.23. The summed E-state index contributed by atoms with van der Waals surface area (Å²) in [5.41, 5.74) is 5.60. The van der Waals surface area contributed by atoms with E-state index in [9.17, 15) is 4.79 Å². The van der Waals surface area contributed by atoms with Crippen molar-refractivity contribution in [3.05, 3.63) is 0 Å². The van der Waals surface area contributed by atoms with Crippen molar-refractivity contribution in [3.63, 3.8) is 0 Å². The summed E-state index contributed by atoms with van der Waals surface area (Å²) in [5.74, 6) is 0.555. The minimum absolute atomic E-state index is 0.224. The maximum atomic E-state index is 11.6. The van der Waals surface area contributed by atoms with E-state index in [-0.39, 0.29) is 5.97 Å². The molecule has 0 saturated carbocycles. The Morgan fingerprint density at radius 1 is 1.50 bits per heavy atom. The number of hydrogen-bond donors (Lipinski definition) is 1. The Morgan fingerprint density at radius 2 is 2.00 bits per heavy atom. The fourth-order valence-electron chi connectivity index (χ4n) is 1.16. The van der Waals surface area contributed by atoms with Gasteiger partial charge in [-0.2, -0.15) is 0 Å². The van der Waals surface area contributed by atoms with Crippen LogP contribution in [0.4, 0.5) is 0 Å². The topological polar surface area (TPSA) is 52.3 Å². The maximum absolute atomic E-state index is 11.6. The minimum atomic E-state index is -0.601. The third-order valence-corrected chi connectivity index (χ3v) is 4.98. The average Bonchev–Trinajstić information content (AvgIpc) is 2.04. The molecular formula is C9H18NO2S2+. The van der Waals surface area contributed by atoms with Gasteiger partial charge in [0.25, 0.3) is 4.32 Å². The number of rotatable bonds is 4. The smallest absolute Gasteiger partial charge is 0.362 e. The summed E-state index contributed by atoms with van der Waals surface area (Å²) in [6.07, 6.45) is 0. The normalized spacial score (nSPS) is 13.4. The molecule has 5 heteroatoms. The van der Waals surface area contributed by atoms with Crippen molar-refractivity contribution in [2.45, 2.75) is 32.4 Å². The van der Waals surface area contributed by atoms with Gasteiger partial charge in [0.2, 0.25) is 4.75 Å². The highest BCUT2D eigenvalue weighted by atomic mass is 32.2. The maximum Gasteiger partial charge on any atom is 0.362 e. The average molecular weight is 236 g/mol. The predicted octanol–water partition coefficient (Wildman–Crippen LogP) is 1.21. The van der Waals surface area contributed by atoms with Crippen molar-refractivity contribution < 1.29 is 9.53 Å². The highest BCUT2D eigenvalue weighted by molar-refractivity contribution is 8.21. The molecule has 14 heavy (non-hydrogen) atoms. The number of thiocarbonyl (C=S) groups is 1. The first kappa shape index (κ1) is 13.7. The van der Waals surface area contributed by atoms with Gasteiger partial charge < -0.3 is 10.5 Å². The Morgan fingerprint density at radius 3 is 2.29 bits per heavy atom. The van der Waals surface area contributed by atoms with Crippen LogP contribution >= 0.6 is 12.2 Å². The van der Waals surface area contributed by atoms with E-state index in [0.717, 1.165) is 5.75 Å². The highest BCUT2D eigenvalue weighted by Crippen LogP contribution is 2.22. The minimum Gasteiger partial charge on any atom is -0.462 e. The molecule has 1 atom stereocenters. The van der Waals surface area contributed by atoms with Crippen molar-refractivity contribution in [1.29, 1.82) is 0 Å². The molecule has 0 aromatic rings. The Kier molecular flexibility index (Phi) is 5.44. The van der Waals surface area contributed by atoms with Crippen LogP contribution in [-0.2, 0) is 20.4 Å². The molecule has 0 rings (SSSR count). The molecular weight excluding hydrogens is 218 g/mol. The van der Waals surface area contributed by atoms with Gasteiger partial charge in [0.1, 0.15) is 5.75 Å². The van der Waals surface area contributed by atoms with E-state index in [0.29, 0.717) is 10.9 Å². The van der Waals surface area contributed by atoms with Crippen LogP contribution < -0.4 is 5.73 Å². The Labute approximate surface area is 93.7 Å². The SMILES string of the molecule is CCOC(=O)C(C)(C)[S+](CC)C(N)=S. The first-order valence-corrected chi connectivity index (χ1v) is 6.35. The van der Waals surface area contributed by atoms with Crippen LogP contribution in [0, 0.1) is 0 Å². The fourth-order valence-corrected chi connectivity index (χ4v) is 3.91. The quantitative estimate of drug-likeness (QED) is 0.453. The van der Waals surface area contributed by atoms with E-state index in [2.05, 4.69) is 0 Å². The summed E-state index contributed by atoms with van der Waals surface area (Å²) in [4.78, 5) is 11.6. The van der Waals surface area contributed by atoms with Gasteiger partial charge in [-0.15, -0.1) is 0 Å². The van der Waals surface area contributed by atoms with Crippen LogP contribution in [-0.4, -0.2) is 27.4 Å². The Balaban J connectivity index is 4.71. The second kappa shape index (κ2) is 5.56. The van der Waals surface area contributed by atoms with E-state index in [1.165, 1.54) is 0 Å². The zero-order chi connectivity index (χ0) is 11.4. The number of ether oxygens (including phenoxy) is 1. The molecule has 0 fully saturated rings. The third kappa shape index (κ3) is 3.13. The van der Waals surface area contributed by atoms with Crippen molar-refractivity contribution in [1.82, 2.24) is 0 Å². The summed E-state index contributed by atoms with van der Waals surface area (Å²) in [6.45, 7) is 7.82. The Bertz CT molecular complexity index is 229. The third-order valence-electron chi connectivity index (χ3n) is 1.91. The molecule has 0 aliphatic heterocycles. The van der Waals surface area contributed by atoms with Crippen LogP contribution in [0.1, 0.15) is 27.7 Å². The van der Waals surface area contributed by atoms with Gasteiger partial charge in [0, 0.05) is 0 Å². The Hall–Kier alpha value is -0.290. The second-order valence-corrected chi connectivity index (χ2v) is 6.75. The van der Waals surface area contributed by atoms with Gasteiger partial charge >= 0.3 is 5.97 Å². The largest absolute Gasteiger partial charge is 0.462 e. The molecule has 0 bridgehead atoms. The lowest BCUT2D eigenvalue weighted by Crippen LogP contribution is -2.48. The molecule has 3 nitrogen and oxygen atoms in total. The molecule has 1 unspecified atom stereocenters. The van der Waals surface area contributed by atoms with Crippen LogP contribution in [0.3, 0.4) is 0 Å². The summed E-state index contributed by atoms with van der Waals surface area (Å²) >= 11 is 4.95. The zero-order valence-electron chi connectivity index (χ0n) is 9.12. The monoisotopic (exact) mass is 236 g/mol. The lowest BCUT2D eigenvalue weighted by atomic mass is 10.2. The first-order chi connectivity index (χ1) is 6.37. The van der Waals surface area contributed by atoms with Crippen molar-refractivity contribution >= 4 is 33.4 Å². The molecule has 82 valence electrons. The van der Waals surface area contributed by atoms with Crippen molar-refractivity contribution in [3.8, 4) is 0 Å². The summed E-state index contributed by atoms with van der Waals surface area (Å²) < 4.78 is 4.80. The summed E-state index contributed by atoms with van der Waals surface area (Å²) in [7, 11) is -0.390. The van der Waals surface area contributed by atoms with Gasteiger partial charge in [0.15, 0.2) is 0 Å².